The van der Waals surface area contributed by atoms with E-state index in [0.717, 1.165) is 109 Å². The van der Waals surface area contributed by atoms with E-state index in [4.69, 9.17) is 9.05 Å². The van der Waals surface area contributed by atoms with Crippen molar-refractivity contribution in [2.24, 2.45) is 0 Å². The van der Waals surface area contributed by atoms with E-state index < -0.39 is 20.0 Å². The van der Waals surface area contributed by atoms with E-state index in [0.29, 0.717) is 17.4 Å². The number of likely N-dealkylation sites (N-methyl/N-ethyl adjacent to an activating group) is 1. The van der Waals surface area contributed by atoms with Crippen molar-refractivity contribution in [2.45, 2.75) is 225 Å². The van der Waals surface area contributed by atoms with Gasteiger partial charge in [-0.15, -0.1) is 0 Å². The fraction of sp³-hybridized carbons (Fsp3) is 0.641. The van der Waals surface area contributed by atoms with E-state index in [1.165, 1.54) is 83.5 Å². The van der Waals surface area contributed by atoms with Crippen molar-refractivity contribution in [1.29, 1.82) is 0 Å². The highest BCUT2D eigenvalue weighted by atomic mass is 31.2. The molecule has 416 valence electrons. The lowest BCUT2D eigenvalue weighted by atomic mass is 10.1. The largest absolute Gasteiger partial charge is 0.472 e. The van der Waals surface area contributed by atoms with Crippen LogP contribution in [0, 0.1) is 0 Å². The molecule has 0 rings (SSSR count). The van der Waals surface area contributed by atoms with E-state index in [1.807, 2.05) is 27.2 Å². The summed E-state index contributed by atoms with van der Waals surface area (Å²) in [7, 11) is 1.52. The van der Waals surface area contributed by atoms with Crippen molar-refractivity contribution in [3.63, 3.8) is 0 Å². The van der Waals surface area contributed by atoms with Crippen molar-refractivity contribution < 1.29 is 32.9 Å². The van der Waals surface area contributed by atoms with E-state index in [9.17, 15) is 19.4 Å². The number of aliphatic hydroxyl groups is 1. The molecule has 8 nitrogen and oxygen atoms in total. The van der Waals surface area contributed by atoms with Gasteiger partial charge in [-0.3, -0.25) is 13.8 Å². The molecule has 3 atom stereocenters. The Labute approximate surface area is 449 Å². The normalized spacial score (nSPS) is 14.9. The number of phosphoric acid groups is 1. The van der Waals surface area contributed by atoms with Crippen LogP contribution < -0.4 is 5.32 Å². The maximum atomic E-state index is 13.0. The monoisotopic (exact) mass is 1030 g/mol. The summed E-state index contributed by atoms with van der Waals surface area (Å²) in [5.74, 6) is -0.206. The van der Waals surface area contributed by atoms with Crippen molar-refractivity contribution >= 4 is 13.7 Å². The number of allylic oxidation sites excluding steroid dienone is 21. The summed E-state index contributed by atoms with van der Waals surface area (Å²) in [6.45, 7) is 4.64. The molecule has 73 heavy (non-hydrogen) atoms. The first kappa shape index (κ1) is 69.6. The third kappa shape index (κ3) is 56.2. The molecule has 0 spiro atoms. The van der Waals surface area contributed by atoms with Gasteiger partial charge < -0.3 is 19.8 Å². The first-order valence-electron chi connectivity index (χ1n) is 29.1. The summed E-state index contributed by atoms with van der Waals surface area (Å²) in [4.78, 5) is 23.3. The molecule has 0 heterocycles. The van der Waals surface area contributed by atoms with Crippen LogP contribution in [0.5, 0.6) is 0 Å². The predicted octanol–water partition coefficient (Wildman–Crippen LogP) is 17.9. The topological polar surface area (TPSA) is 105 Å². The number of nitrogens with one attached hydrogen (secondary N) is 1. The molecule has 0 aliphatic heterocycles. The van der Waals surface area contributed by atoms with Crippen LogP contribution in [0.4, 0.5) is 0 Å². The minimum absolute atomic E-state index is 0.0446. The molecule has 1 amide bonds. The van der Waals surface area contributed by atoms with E-state index in [-0.39, 0.29) is 19.1 Å². The molecular formula is C64H110N2O6P+. The SMILES string of the molecule is CC/C=C\C/C=C\C/C=C\C/C=C\C/C=C\C/C=C\C/C=C\C/C=C\CCCCCCCCCCC(=O)NC(COP(=O)(O)OCC[N+](C)(C)C)C(O)/C=C/CC/C=C/CC/C=C/CCCCCCCCCC. The molecule has 0 aromatic rings. The standard InChI is InChI=1S/C64H109N2O6P/c1-6-8-10-12-14-16-18-20-22-24-26-27-28-29-30-31-32-33-34-35-36-37-38-39-40-42-44-46-48-50-52-54-56-58-64(68)65-62(61-72-73(69,70)71-60-59-66(3,4)5)63(67)57-55-53-51-49-47-45-43-41-25-23-21-19-17-15-13-11-9-7-2/h8,10,14,16,20,22,25-27,29-30,32-33,35-36,38-39,41,47,49,55,57,62-63,67H,6-7,9,11-13,15,17-19,21,23-24,28,31,34,37,40,42-46,48,50-54,56,58-61H2,1-5H3,(H-,65,68,69,70)/p+1/b10-8-,16-14-,22-20-,27-26-,30-29-,33-32-,36-35-,39-38-,41-25+,49-47+,57-55+. The lowest BCUT2D eigenvalue weighted by Gasteiger charge is -2.25. The number of rotatable bonds is 51. The number of phosphoric ester groups is 1. The lowest BCUT2D eigenvalue weighted by Crippen LogP contribution is -2.45. The number of aliphatic hydroxyl groups excluding tert-OH is 1. The van der Waals surface area contributed by atoms with Gasteiger partial charge in [0.25, 0.3) is 0 Å². The Bertz CT molecular complexity index is 1640. The summed E-state index contributed by atoms with van der Waals surface area (Å²) >= 11 is 0. The molecule has 3 N–H and O–H groups in total. The number of unbranched alkanes of at least 4 members (excludes halogenated alkanes) is 18. The molecule has 0 fully saturated rings. The van der Waals surface area contributed by atoms with Crippen LogP contribution >= 0.6 is 7.82 Å². The average molecular weight is 1030 g/mol. The molecule has 9 heteroatoms. The summed E-state index contributed by atoms with van der Waals surface area (Å²) in [6.07, 6.45) is 81.2. The van der Waals surface area contributed by atoms with Gasteiger partial charge in [0.15, 0.2) is 0 Å². The lowest BCUT2D eigenvalue weighted by molar-refractivity contribution is -0.870. The van der Waals surface area contributed by atoms with E-state index >= 15 is 0 Å². The minimum Gasteiger partial charge on any atom is -0.387 e. The van der Waals surface area contributed by atoms with Crippen LogP contribution in [0.2, 0.25) is 0 Å². The van der Waals surface area contributed by atoms with Crippen LogP contribution in [0.1, 0.15) is 213 Å². The number of hydrogen-bond acceptors (Lipinski definition) is 5. The molecule has 0 bridgehead atoms. The van der Waals surface area contributed by atoms with E-state index in [1.54, 1.807) is 6.08 Å². The zero-order valence-electron chi connectivity index (χ0n) is 47.3. The number of carbonyl (C=O) groups is 1. The number of quaternary nitrogens is 1. The molecule has 0 radical (unpaired) electrons. The van der Waals surface area contributed by atoms with E-state index in [2.05, 4.69) is 141 Å². The van der Waals surface area contributed by atoms with Gasteiger partial charge in [0, 0.05) is 6.42 Å². The molecule has 0 aliphatic rings. The maximum absolute atomic E-state index is 13.0. The molecule has 0 saturated heterocycles. The van der Waals surface area contributed by atoms with Gasteiger partial charge in [-0.25, -0.2) is 4.57 Å². The molecule has 0 aliphatic carbocycles. The van der Waals surface area contributed by atoms with Crippen LogP contribution in [0.3, 0.4) is 0 Å². The molecule has 3 unspecified atom stereocenters. The smallest absolute Gasteiger partial charge is 0.387 e. The third-order valence-electron chi connectivity index (χ3n) is 12.1. The van der Waals surface area contributed by atoms with Crippen molar-refractivity contribution in [3.05, 3.63) is 134 Å². The summed E-state index contributed by atoms with van der Waals surface area (Å²) < 4.78 is 23.7. The van der Waals surface area contributed by atoms with Crippen LogP contribution in [0.25, 0.3) is 0 Å². The number of carbonyl (C=O) groups excluding carboxylic acids is 1. The highest BCUT2D eigenvalue weighted by molar-refractivity contribution is 7.47. The van der Waals surface area contributed by atoms with Gasteiger partial charge >= 0.3 is 7.82 Å². The molecular weight excluding hydrogens is 924 g/mol. The molecule has 0 aromatic carbocycles. The van der Waals surface area contributed by atoms with Crippen LogP contribution in [-0.4, -0.2) is 73.4 Å². The van der Waals surface area contributed by atoms with Crippen molar-refractivity contribution in [1.82, 2.24) is 5.32 Å². The minimum atomic E-state index is -4.37. The second kappa shape index (κ2) is 53.5. The predicted molar refractivity (Wildman–Crippen MR) is 318 cm³/mol. The first-order valence-corrected chi connectivity index (χ1v) is 30.6. The first-order chi connectivity index (χ1) is 35.5. The van der Waals surface area contributed by atoms with Crippen LogP contribution in [0.15, 0.2) is 134 Å². The Kier molecular flexibility index (Phi) is 51.0. The molecule has 0 aromatic heterocycles. The zero-order chi connectivity index (χ0) is 53.5. The Balaban J connectivity index is 4.29. The quantitative estimate of drug-likeness (QED) is 0.0243. The Morgan fingerprint density at radius 2 is 0.836 bits per heavy atom. The summed E-state index contributed by atoms with van der Waals surface area (Å²) in [5, 5.41) is 13.9. The van der Waals surface area contributed by atoms with Gasteiger partial charge in [-0.2, -0.15) is 0 Å². The number of nitrogens with zero attached hydrogens (tertiary/aromatic N) is 1. The van der Waals surface area contributed by atoms with Gasteiger partial charge in [-0.1, -0.05) is 231 Å². The second-order valence-corrected chi connectivity index (χ2v) is 21.7. The Hall–Kier alpha value is -3.36. The van der Waals surface area contributed by atoms with Gasteiger partial charge in [0.2, 0.25) is 5.91 Å². The van der Waals surface area contributed by atoms with Crippen molar-refractivity contribution in [3.8, 4) is 0 Å². The fourth-order valence-electron chi connectivity index (χ4n) is 7.56. The fourth-order valence-corrected chi connectivity index (χ4v) is 8.29. The number of amides is 1. The zero-order valence-corrected chi connectivity index (χ0v) is 48.2. The van der Waals surface area contributed by atoms with Gasteiger partial charge in [-0.05, 0) is 109 Å². The van der Waals surface area contributed by atoms with Crippen molar-refractivity contribution in [2.75, 3.05) is 40.9 Å². The number of hydrogen-bond donors (Lipinski definition) is 3. The van der Waals surface area contributed by atoms with Gasteiger partial charge in [0.1, 0.15) is 13.2 Å². The average Bonchev–Trinajstić information content (AvgIpc) is 3.35. The highest BCUT2D eigenvalue weighted by Gasteiger charge is 2.27. The van der Waals surface area contributed by atoms with Crippen LogP contribution in [-0.2, 0) is 18.4 Å². The maximum Gasteiger partial charge on any atom is 0.472 e. The Morgan fingerprint density at radius 1 is 0.479 bits per heavy atom. The second-order valence-electron chi connectivity index (χ2n) is 20.3. The molecule has 0 saturated carbocycles. The Morgan fingerprint density at radius 3 is 1.26 bits per heavy atom. The van der Waals surface area contributed by atoms with Gasteiger partial charge in [0.05, 0.1) is 39.9 Å². The summed E-state index contributed by atoms with van der Waals surface area (Å²) in [6, 6.07) is -0.885. The highest BCUT2D eigenvalue weighted by Crippen LogP contribution is 2.43. The third-order valence-corrected chi connectivity index (χ3v) is 13.1. The summed E-state index contributed by atoms with van der Waals surface area (Å²) in [5.41, 5.74) is 0.